The van der Waals surface area contributed by atoms with E-state index in [1.54, 1.807) is 19.3 Å². The predicted octanol–water partition coefficient (Wildman–Crippen LogP) is 1.46. The average molecular weight is 301 g/mol. The highest BCUT2D eigenvalue weighted by atomic mass is 32.2. The van der Waals surface area contributed by atoms with E-state index >= 15 is 0 Å². The first-order chi connectivity index (χ1) is 9.42. The SMILES string of the molecule is CCOCC(NS(=O)(=O)c1cccnc1NC)C(C)C. The van der Waals surface area contributed by atoms with Gasteiger partial charge in [-0.1, -0.05) is 13.8 Å². The van der Waals surface area contributed by atoms with Gasteiger partial charge in [-0.05, 0) is 25.0 Å². The van der Waals surface area contributed by atoms with Crippen LogP contribution >= 0.6 is 0 Å². The van der Waals surface area contributed by atoms with Crippen molar-refractivity contribution < 1.29 is 13.2 Å². The van der Waals surface area contributed by atoms with Crippen LogP contribution in [0.15, 0.2) is 23.2 Å². The summed E-state index contributed by atoms with van der Waals surface area (Å²) >= 11 is 0. The lowest BCUT2D eigenvalue weighted by Gasteiger charge is -2.22. The molecular formula is C13H23N3O3S. The molecule has 1 aromatic heterocycles. The zero-order valence-corrected chi connectivity index (χ0v) is 13.2. The summed E-state index contributed by atoms with van der Waals surface area (Å²) in [7, 11) is -1.99. The molecule has 0 aliphatic rings. The van der Waals surface area contributed by atoms with Crippen LogP contribution in [0.3, 0.4) is 0 Å². The van der Waals surface area contributed by atoms with Gasteiger partial charge in [0.2, 0.25) is 10.0 Å². The molecule has 2 N–H and O–H groups in total. The number of pyridine rings is 1. The van der Waals surface area contributed by atoms with Crippen molar-refractivity contribution in [1.82, 2.24) is 9.71 Å². The van der Waals surface area contributed by atoms with Crippen molar-refractivity contribution in [2.24, 2.45) is 5.92 Å². The Labute approximate surface area is 121 Å². The van der Waals surface area contributed by atoms with Crippen LogP contribution in [0.5, 0.6) is 0 Å². The highest BCUT2D eigenvalue weighted by Crippen LogP contribution is 2.18. The number of nitrogens with one attached hydrogen (secondary N) is 2. The van der Waals surface area contributed by atoms with E-state index in [-0.39, 0.29) is 16.9 Å². The van der Waals surface area contributed by atoms with Gasteiger partial charge >= 0.3 is 0 Å². The fraction of sp³-hybridized carbons (Fsp3) is 0.615. The first-order valence-electron chi connectivity index (χ1n) is 6.65. The van der Waals surface area contributed by atoms with Gasteiger partial charge in [0.15, 0.2) is 0 Å². The maximum atomic E-state index is 12.4. The van der Waals surface area contributed by atoms with Gasteiger partial charge in [0.05, 0.1) is 6.61 Å². The van der Waals surface area contributed by atoms with E-state index in [0.717, 1.165) is 0 Å². The van der Waals surface area contributed by atoms with Crippen LogP contribution < -0.4 is 10.0 Å². The van der Waals surface area contributed by atoms with Gasteiger partial charge in [-0.25, -0.2) is 18.1 Å². The third-order valence-corrected chi connectivity index (χ3v) is 4.43. The normalized spacial score (nSPS) is 13.4. The van der Waals surface area contributed by atoms with E-state index in [1.807, 2.05) is 20.8 Å². The third kappa shape index (κ3) is 4.43. The Hall–Kier alpha value is -1.18. The minimum absolute atomic E-state index is 0.131. The second-order valence-electron chi connectivity index (χ2n) is 4.73. The summed E-state index contributed by atoms with van der Waals surface area (Å²) in [6.45, 7) is 6.69. The van der Waals surface area contributed by atoms with Crippen molar-refractivity contribution in [1.29, 1.82) is 0 Å². The van der Waals surface area contributed by atoms with Crippen molar-refractivity contribution in [3.63, 3.8) is 0 Å². The molecule has 0 radical (unpaired) electrons. The lowest BCUT2D eigenvalue weighted by atomic mass is 10.1. The van der Waals surface area contributed by atoms with Crippen molar-refractivity contribution in [2.75, 3.05) is 25.6 Å². The van der Waals surface area contributed by atoms with Crippen molar-refractivity contribution in [3.05, 3.63) is 18.3 Å². The molecule has 1 aromatic rings. The van der Waals surface area contributed by atoms with Crippen LogP contribution in [0.25, 0.3) is 0 Å². The molecule has 0 spiro atoms. The number of ether oxygens (including phenoxy) is 1. The van der Waals surface area contributed by atoms with E-state index in [1.165, 1.54) is 6.07 Å². The monoisotopic (exact) mass is 301 g/mol. The molecule has 1 unspecified atom stereocenters. The number of sulfonamides is 1. The van der Waals surface area contributed by atoms with Crippen LogP contribution in [0, 0.1) is 5.92 Å². The summed E-state index contributed by atoms with van der Waals surface area (Å²) in [5, 5.41) is 2.79. The van der Waals surface area contributed by atoms with Crippen molar-refractivity contribution in [2.45, 2.75) is 31.7 Å². The maximum Gasteiger partial charge on any atom is 0.244 e. The average Bonchev–Trinajstić information content (AvgIpc) is 2.43. The Morgan fingerprint density at radius 3 is 2.65 bits per heavy atom. The standard InChI is InChI=1S/C13H23N3O3S/c1-5-19-9-11(10(2)3)16-20(17,18)12-7-6-8-15-13(12)14-4/h6-8,10-11,16H,5,9H2,1-4H3,(H,14,15). The highest BCUT2D eigenvalue weighted by Gasteiger charge is 2.25. The number of nitrogens with zero attached hydrogens (tertiary/aromatic N) is 1. The number of anilines is 1. The van der Waals surface area contributed by atoms with Crippen LogP contribution in [0.1, 0.15) is 20.8 Å². The van der Waals surface area contributed by atoms with E-state index < -0.39 is 10.0 Å². The minimum atomic E-state index is -3.63. The van der Waals surface area contributed by atoms with Gasteiger partial charge in [-0.3, -0.25) is 0 Å². The van der Waals surface area contributed by atoms with Gasteiger partial charge in [0, 0.05) is 25.9 Å². The van der Waals surface area contributed by atoms with Gasteiger partial charge in [0.25, 0.3) is 0 Å². The van der Waals surface area contributed by atoms with E-state index in [0.29, 0.717) is 19.0 Å². The largest absolute Gasteiger partial charge is 0.380 e. The number of aromatic nitrogens is 1. The van der Waals surface area contributed by atoms with Crippen LogP contribution in [-0.2, 0) is 14.8 Å². The second kappa shape index (κ2) is 7.56. The lowest BCUT2D eigenvalue weighted by Crippen LogP contribution is -2.42. The maximum absolute atomic E-state index is 12.4. The van der Waals surface area contributed by atoms with E-state index in [9.17, 15) is 8.42 Å². The topological polar surface area (TPSA) is 80.3 Å². The van der Waals surface area contributed by atoms with Crippen LogP contribution in [0.2, 0.25) is 0 Å². The molecule has 1 rings (SSSR count). The molecule has 0 saturated heterocycles. The minimum Gasteiger partial charge on any atom is -0.380 e. The van der Waals surface area contributed by atoms with Crippen molar-refractivity contribution in [3.8, 4) is 0 Å². The zero-order chi connectivity index (χ0) is 15.2. The Bertz CT molecular complexity index is 517. The highest BCUT2D eigenvalue weighted by molar-refractivity contribution is 7.89. The summed E-state index contributed by atoms with van der Waals surface area (Å²) < 4.78 is 32.9. The molecule has 20 heavy (non-hydrogen) atoms. The smallest absolute Gasteiger partial charge is 0.244 e. The Morgan fingerprint density at radius 2 is 2.10 bits per heavy atom. The second-order valence-corrected chi connectivity index (χ2v) is 6.41. The number of hydrogen-bond donors (Lipinski definition) is 2. The summed E-state index contributed by atoms with van der Waals surface area (Å²) in [6, 6.07) is 2.85. The van der Waals surface area contributed by atoms with Gasteiger partial charge in [-0.2, -0.15) is 0 Å². The number of rotatable bonds is 8. The zero-order valence-electron chi connectivity index (χ0n) is 12.4. The fourth-order valence-electron chi connectivity index (χ4n) is 1.67. The first kappa shape index (κ1) is 16.9. The third-order valence-electron chi connectivity index (χ3n) is 2.91. The molecule has 0 bridgehead atoms. The molecule has 0 fully saturated rings. The van der Waals surface area contributed by atoms with Gasteiger partial charge in [-0.15, -0.1) is 0 Å². The molecular weight excluding hydrogens is 278 g/mol. The molecule has 0 aliphatic heterocycles. The van der Waals surface area contributed by atoms with Crippen molar-refractivity contribution >= 4 is 15.8 Å². The van der Waals surface area contributed by atoms with Gasteiger partial charge < -0.3 is 10.1 Å². The Balaban J connectivity index is 2.97. The summed E-state index contributed by atoms with van der Waals surface area (Å²) in [5.41, 5.74) is 0. The molecule has 6 nitrogen and oxygen atoms in total. The molecule has 1 atom stereocenters. The quantitative estimate of drug-likeness (QED) is 0.760. The summed E-state index contributed by atoms with van der Waals surface area (Å²) in [5.74, 6) is 0.463. The molecule has 0 saturated carbocycles. The Morgan fingerprint density at radius 1 is 1.40 bits per heavy atom. The summed E-state index contributed by atoms with van der Waals surface area (Å²) in [4.78, 5) is 4.16. The molecule has 0 aromatic carbocycles. The lowest BCUT2D eigenvalue weighted by molar-refractivity contribution is 0.116. The molecule has 0 aliphatic carbocycles. The van der Waals surface area contributed by atoms with Gasteiger partial charge in [0.1, 0.15) is 10.7 Å². The van der Waals surface area contributed by atoms with E-state index in [4.69, 9.17) is 4.74 Å². The summed E-state index contributed by atoms with van der Waals surface area (Å²) in [6.07, 6.45) is 1.55. The number of hydrogen-bond acceptors (Lipinski definition) is 5. The van der Waals surface area contributed by atoms with E-state index in [2.05, 4.69) is 15.0 Å². The van der Waals surface area contributed by atoms with Crippen LogP contribution in [0.4, 0.5) is 5.82 Å². The Kier molecular flexibility index (Phi) is 6.38. The predicted molar refractivity (Wildman–Crippen MR) is 79.2 cm³/mol. The molecule has 1 heterocycles. The molecule has 7 heteroatoms. The fourth-order valence-corrected chi connectivity index (χ4v) is 3.20. The molecule has 114 valence electrons. The molecule has 0 amide bonds. The van der Waals surface area contributed by atoms with Crippen LogP contribution in [-0.4, -0.2) is 39.7 Å². The first-order valence-corrected chi connectivity index (χ1v) is 8.13.